The molecular formula is C13H13ClN2OS. The number of thiophene rings is 1. The van der Waals surface area contributed by atoms with Crippen LogP contribution in [0.5, 0.6) is 0 Å². The Morgan fingerprint density at radius 1 is 1.28 bits per heavy atom. The minimum Gasteiger partial charge on any atom is -0.349 e. The minimum atomic E-state index is -0.203. The molecule has 1 atom stereocenters. The van der Waals surface area contributed by atoms with Gasteiger partial charge in [-0.05, 0) is 17.7 Å². The van der Waals surface area contributed by atoms with Crippen molar-refractivity contribution in [2.75, 3.05) is 6.54 Å². The Labute approximate surface area is 115 Å². The average molecular weight is 281 g/mol. The van der Waals surface area contributed by atoms with E-state index < -0.39 is 0 Å². The van der Waals surface area contributed by atoms with E-state index >= 15 is 0 Å². The third kappa shape index (κ3) is 3.32. The molecule has 2 rings (SSSR count). The number of carbonyl (C=O) groups is 1. The van der Waals surface area contributed by atoms with Gasteiger partial charge in [0.15, 0.2) is 0 Å². The summed E-state index contributed by atoms with van der Waals surface area (Å²) in [6.45, 7) is 0.401. The molecule has 1 aromatic carbocycles. The highest BCUT2D eigenvalue weighted by Gasteiger charge is 2.11. The maximum atomic E-state index is 11.8. The molecule has 0 saturated heterocycles. The monoisotopic (exact) mass is 280 g/mol. The Morgan fingerprint density at radius 2 is 2.00 bits per heavy atom. The number of nitrogens with two attached hydrogens (primary N) is 1. The summed E-state index contributed by atoms with van der Waals surface area (Å²) >= 11 is 7.03. The van der Waals surface area contributed by atoms with E-state index in [1.165, 1.54) is 11.3 Å². The highest BCUT2D eigenvalue weighted by atomic mass is 35.5. The van der Waals surface area contributed by atoms with Crippen LogP contribution in [-0.4, -0.2) is 12.5 Å². The molecule has 0 spiro atoms. The first-order valence-electron chi connectivity index (χ1n) is 5.51. The lowest BCUT2D eigenvalue weighted by Crippen LogP contribution is -2.31. The number of rotatable bonds is 4. The van der Waals surface area contributed by atoms with Crippen LogP contribution in [0.2, 0.25) is 4.34 Å². The van der Waals surface area contributed by atoms with Crippen LogP contribution in [-0.2, 0) is 0 Å². The second-order valence-corrected chi connectivity index (χ2v) is 5.55. The van der Waals surface area contributed by atoms with E-state index in [0.717, 1.165) is 5.56 Å². The summed E-state index contributed by atoms with van der Waals surface area (Å²) in [7, 11) is 0. The van der Waals surface area contributed by atoms with Gasteiger partial charge >= 0.3 is 0 Å². The molecule has 0 aliphatic heterocycles. The molecule has 0 bridgehead atoms. The first-order chi connectivity index (χ1) is 8.66. The van der Waals surface area contributed by atoms with E-state index in [4.69, 9.17) is 17.3 Å². The van der Waals surface area contributed by atoms with Crippen molar-refractivity contribution in [1.29, 1.82) is 0 Å². The van der Waals surface area contributed by atoms with Crippen molar-refractivity contribution >= 4 is 28.8 Å². The van der Waals surface area contributed by atoms with Crippen LogP contribution in [0.4, 0.5) is 0 Å². The Balaban J connectivity index is 1.90. The van der Waals surface area contributed by atoms with Gasteiger partial charge in [0.1, 0.15) is 0 Å². The number of nitrogens with one attached hydrogen (secondary N) is 1. The molecule has 3 nitrogen and oxygen atoms in total. The quantitative estimate of drug-likeness (QED) is 0.905. The Bertz CT molecular complexity index is 527. The van der Waals surface area contributed by atoms with Gasteiger partial charge in [-0.25, -0.2) is 0 Å². The molecule has 0 radical (unpaired) electrons. The second kappa shape index (κ2) is 6.00. The smallest absolute Gasteiger partial charge is 0.261 e. The third-order valence-electron chi connectivity index (χ3n) is 2.51. The number of amides is 1. The Hall–Kier alpha value is -1.36. The molecule has 0 aliphatic carbocycles. The van der Waals surface area contributed by atoms with E-state index in [-0.39, 0.29) is 11.9 Å². The lowest BCUT2D eigenvalue weighted by molar-refractivity contribution is 0.0955. The highest BCUT2D eigenvalue weighted by molar-refractivity contribution is 7.17. The van der Waals surface area contributed by atoms with E-state index in [1.807, 2.05) is 30.3 Å². The van der Waals surface area contributed by atoms with E-state index in [2.05, 4.69) is 5.32 Å². The number of carbonyl (C=O) groups excluding carboxylic acids is 1. The van der Waals surface area contributed by atoms with Gasteiger partial charge in [-0.2, -0.15) is 0 Å². The van der Waals surface area contributed by atoms with Gasteiger partial charge in [0, 0.05) is 12.6 Å². The van der Waals surface area contributed by atoms with Gasteiger partial charge < -0.3 is 11.1 Å². The van der Waals surface area contributed by atoms with Gasteiger partial charge in [0.05, 0.1) is 9.21 Å². The molecule has 0 aliphatic rings. The lowest BCUT2D eigenvalue weighted by atomic mass is 10.1. The third-order valence-corrected chi connectivity index (χ3v) is 3.74. The molecule has 1 heterocycles. The van der Waals surface area contributed by atoms with E-state index in [1.54, 1.807) is 12.1 Å². The fourth-order valence-corrected chi connectivity index (χ4v) is 2.50. The highest BCUT2D eigenvalue weighted by Crippen LogP contribution is 2.21. The van der Waals surface area contributed by atoms with Gasteiger partial charge in [0.25, 0.3) is 5.91 Å². The average Bonchev–Trinajstić information content (AvgIpc) is 2.83. The number of hydrogen-bond donors (Lipinski definition) is 2. The molecule has 1 amide bonds. The van der Waals surface area contributed by atoms with E-state index in [0.29, 0.717) is 15.8 Å². The summed E-state index contributed by atoms with van der Waals surface area (Å²) in [5.41, 5.74) is 6.99. The van der Waals surface area contributed by atoms with Crippen LogP contribution in [0, 0.1) is 0 Å². The SMILES string of the molecule is NC(CNC(=O)c1ccc(Cl)s1)c1ccccc1. The van der Waals surface area contributed by atoms with E-state index in [9.17, 15) is 4.79 Å². The largest absolute Gasteiger partial charge is 0.349 e. The maximum Gasteiger partial charge on any atom is 0.261 e. The summed E-state index contributed by atoms with van der Waals surface area (Å²) in [5, 5.41) is 2.80. The fraction of sp³-hybridized carbons (Fsp3) is 0.154. The van der Waals surface area contributed by atoms with Crippen molar-refractivity contribution in [3.05, 3.63) is 57.2 Å². The van der Waals surface area contributed by atoms with Crippen molar-refractivity contribution in [1.82, 2.24) is 5.32 Å². The number of halogens is 1. The van der Waals surface area contributed by atoms with Gasteiger partial charge in [-0.1, -0.05) is 41.9 Å². The molecule has 94 valence electrons. The molecule has 3 N–H and O–H groups in total. The van der Waals surface area contributed by atoms with Crippen LogP contribution < -0.4 is 11.1 Å². The molecule has 2 aromatic rings. The zero-order valence-corrected chi connectivity index (χ0v) is 11.2. The van der Waals surface area contributed by atoms with Gasteiger partial charge in [0.2, 0.25) is 0 Å². The predicted octanol–water partition coefficient (Wildman–Crippen LogP) is 2.83. The van der Waals surface area contributed by atoms with Gasteiger partial charge in [-0.3, -0.25) is 4.79 Å². The fourth-order valence-electron chi connectivity index (χ4n) is 1.54. The molecule has 18 heavy (non-hydrogen) atoms. The molecule has 5 heteroatoms. The zero-order valence-electron chi connectivity index (χ0n) is 9.60. The van der Waals surface area contributed by atoms with Crippen LogP contribution in [0.1, 0.15) is 21.3 Å². The number of benzene rings is 1. The molecular weight excluding hydrogens is 268 g/mol. The summed E-state index contributed by atoms with van der Waals surface area (Å²) in [4.78, 5) is 12.4. The van der Waals surface area contributed by atoms with Gasteiger partial charge in [-0.15, -0.1) is 11.3 Å². The zero-order chi connectivity index (χ0) is 13.0. The first kappa shape index (κ1) is 13.1. The van der Waals surface area contributed by atoms with Crippen LogP contribution in [0.3, 0.4) is 0 Å². The normalized spacial score (nSPS) is 12.1. The molecule has 0 fully saturated rings. The van der Waals surface area contributed by atoms with Crippen LogP contribution in [0.25, 0.3) is 0 Å². The minimum absolute atomic E-state index is 0.140. The summed E-state index contributed by atoms with van der Waals surface area (Å²) < 4.78 is 0.604. The maximum absolute atomic E-state index is 11.8. The van der Waals surface area contributed by atoms with Crippen molar-refractivity contribution in [3.63, 3.8) is 0 Å². The van der Waals surface area contributed by atoms with Crippen LogP contribution in [0.15, 0.2) is 42.5 Å². The molecule has 0 saturated carbocycles. The molecule has 1 aromatic heterocycles. The predicted molar refractivity (Wildman–Crippen MR) is 75.0 cm³/mol. The van der Waals surface area contributed by atoms with Crippen molar-refractivity contribution in [2.24, 2.45) is 5.73 Å². The van der Waals surface area contributed by atoms with Crippen LogP contribution >= 0.6 is 22.9 Å². The Kier molecular flexibility index (Phi) is 4.36. The topological polar surface area (TPSA) is 55.1 Å². The van der Waals surface area contributed by atoms with Crippen molar-refractivity contribution in [2.45, 2.75) is 6.04 Å². The van der Waals surface area contributed by atoms with Crippen molar-refractivity contribution in [3.8, 4) is 0 Å². The lowest BCUT2D eigenvalue weighted by Gasteiger charge is -2.12. The first-order valence-corrected chi connectivity index (χ1v) is 6.70. The molecule has 1 unspecified atom stereocenters. The summed E-state index contributed by atoms with van der Waals surface area (Å²) in [5.74, 6) is -0.140. The van der Waals surface area contributed by atoms with Crippen molar-refractivity contribution < 1.29 is 4.79 Å². The standard InChI is InChI=1S/C13H13ClN2OS/c14-12-7-6-11(18-12)13(17)16-8-10(15)9-4-2-1-3-5-9/h1-7,10H,8,15H2,(H,16,17). The Morgan fingerprint density at radius 3 is 2.61 bits per heavy atom. The number of hydrogen-bond acceptors (Lipinski definition) is 3. The second-order valence-electron chi connectivity index (χ2n) is 3.83. The summed E-state index contributed by atoms with van der Waals surface area (Å²) in [6, 6.07) is 12.9. The summed E-state index contributed by atoms with van der Waals surface area (Å²) in [6.07, 6.45) is 0.